The van der Waals surface area contributed by atoms with Gasteiger partial charge in [0.15, 0.2) is 0 Å². The lowest BCUT2D eigenvalue weighted by Gasteiger charge is -2.06. The Morgan fingerprint density at radius 1 is 1.64 bits per heavy atom. The summed E-state index contributed by atoms with van der Waals surface area (Å²) in [4.78, 5) is 4.00. The highest BCUT2D eigenvalue weighted by atomic mass is 16.3. The van der Waals surface area contributed by atoms with Crippen LogP contribution in [0.3, 0.4) is 0 Å². The smallest absolute Gasteiger partial charge is 0.108 e. The number of pyridine rings is 1. The van der Waals surface area contributed by atoms with Crippen LogP contribution in [-0.2, 0) is 0 Å². The standard InChI is InChI=1S/C9H12N4O/c1-10-5-8(14)9-6-4-11-3-2-7(6)12-13-9/h2-4,8,10,14H,5H2,1H3,(H,12,13). The zero-order chi connectivity index (χ0) is 9.97. The topological polar surface area (TPSA) is 73.8 Å². The Kier molecular flexibility index (Phi) is 2.43. The molecule has 0 spiro atoms. The molecule has 2 rings (SSSR count). The van der Waals surface area contributed by atoms with E-state index in [1.807, 2.05) is 0 Å². The van der Waals surface area contributed by atoms with E-state index in [1.165, 1.54) is 0 Å². The molecule has 2 heterocycles. The minimum atomic E-state index is -0.575. The summed E-state index contributed by atoms with van der Waals surface area (Å²) in [6.45, 7) is 0.492. The predicted octanol–water partition coefficient (Wildman–Crippen LogP) is 0.211. The summed E-state index contributed by atoms with van der Waals surface area (Å²) in [6.07, 6.45) is 2.80. The molecule has 1 atom stereocenters. The van der Waals surface area contributed by atoms with E-state index in [4.69, 9.17) is 0 Å². The number of aliphatic hydroxyl groups excluding tert-OH is 1. The number of likely N-dealkylation sites (N-methyl/N-ethyl adjacent to an activating group) is 1. The monoisotopic (exact) mass is 192 g/mol. The number of nitrogens with one attached hydrogen (secondary N) is 2. The van der Waals surface area contributed by atoms with Gasteiger partial charge in [-0.1, -0.05) is 0 Å². The minimum absolute atomic E-state index is 0.492. The molecule has 5 nitrogen and oxygen atoms in total. The van der Waals surface area contributed by atoms with E-state index in [0.29, 0.717) is 12.2 Å². The summed E-state index contributed by atoms with van der Waals surface area (Å²) in [6, 6.07) is 1.81. The second-order valence-corrected chi connectivity index (χ2v) is 3.10. The van der Waals surface area contributed by atoms with E-state index in [1.54, 1.807) is 25.5 Å². The molecular formula is C9H12N4O. The van der Waals surface area contributed by atoms with Crippen molar-refractivity contribution < 1.29 is 5.11 Å². The Balaban J connectivity index is 2.42. The third-order valence-electron chi connectivity index (χ3n) is 2.12. The van der Waals surface area contributed by atoms with Crippen molar-refractivity contribution in [2.75, 3.05) is 13.6 Å². The molecule has 1 unspecified atom stereocenters. The van der Waals surface area contributed by atoms with Gasteiger partial charge in [-0.25, -0.2) is 0 Å². The SMILES string of the molecule is CNCC(O)c1[nH]nc2ccncc12. The molecule has 0 amide bonds. The van der Waals surface area contributed by atoms with Crippen LogP contribution in [0.2, 0.25) is 0 Å². The Hall–Kier alpha value is -1.46. The lowest BCUT2D eigenvalue weighted by Crippen LogP contribution is -2.17. The summed E-state index contributed by atoms with van der Waals surface area (Å²) in [5.74, 6) is 0. The van der Waals surface area contributed by atoms with Gasteiger partial charge in [-0.05, 0) is 13.1 Å². The van der Waals surface area contributed by atoms with Crippen molar-refractivity contribution in [1.29, 1.82) is 0 Å². The zero-order valence-corrected chi connectivity index (χ0v) is 7.86. The molecule has 0 aliphatic heterocycles. The number of fused-ring (bicyclic) bond motifs is 1. The third kappa shape index (κ3) is 1.47. The fourth-order valence-electron chi connectivity index (χ4n) is 1.42. The van der Waals surface area contributed by atoms with E-state index in [2.05, 4.69) is 20.5 Å². The predicted molar refractivity (Wildman–Crippen MR) is 52.8 cm³/mol. The highest BCUT2D eigenvalue weighted by molar-refractivity contribution is 5.80. The Morgan fingerprint density at radius 3 is 3.29 bits per heavy atom. The molecule has 0 aliphatic rings. The van der Waals surface area contributed by atoms with Crippen molar-refractivity contribution in [3.8, 4) is 0 Å². The quantitative estimate of drug-likeness (QED) is 0.650. The number of rotatable bonds is 3. The van der Waals surface area contributed by atoms with Gasteiger partial charge in [0.25, 0.3) is 0 Å². The second kappa shape index (κ2) is 3.73. The molecular weight excluding hydrogens is 180 g/mol. The molecule has 2 aromatic heterocycles. The highest BCUT2D eigenvalue weighted by Crippen LogP contribution is 2.19. The summed E-state index contributed by atoms with van der Waals surface area (Å²) < 4.78 is 0. The number of hydrogen-bond acceptors (Lipinski definition) is 4. The van der Waals surface area contributed by atoms with Crippen LogP contribution in [0.25, 0.3) is 10.9 Å². The number of aliphatic hydroxyl groups is 1. The average molecular weight is 192 g/mol. The van der Waals surface area contributed by atoms with Crippen LogP contribution in [0.5, 0.6) is 0 Å². The normalized spacial score (nSPS) is 13.3. The summed E-state index contributed by atoms with van der Waals surface area (Å²) in [5.41, 5.74) is 1.53. The number of aromatic nitrogens is 3. The van der Waals surface area contributed by atoms with Crippen molar-refractivity contribution in [2.45, 2.75) is 6.10 Å². The molecule has 0 aromatic carbocycles. The fourth-order valence-corrected chi connectivity index (χ4v) is 1.42. The second-order valence-electron chi connectivity index (χ2n) is 3.10. The summed E-state index contributed by atoms with van der Waals surface area (Å²) in [5, 5.41) is 20.4. The first-order valence-electron chi connectivity index (χ1n) is 4.43. The lowest BCUT2D eigenvalue weighted by molar-refractivity contribution is 0.174. The van der Waals surface area contributed by atoms with E-state index >= 15 is 0 Å². The van der Waals surface area contributed by atoms with Crippen molar-refractivity contribution in [3.63, 3.8) is 0 Å². The minimum Gasteiger partial charge on any atom is -0.385 e. The summed E-state index contributed by atoms with van der Waals surface area (Å²) >= 11 is 0. The molecule has 14 heavy (non-hydrogen) atoms. The fraction of sp³-hybridized carbons (Fsp3) is 0.333. The van der Waals surface area contributed by atoms with Crippen LogP contribution < -0.4 is 5.32 Å². The number of nitrogens with zero attached hydrogens (tertiary/aromatic N) is 2. The van der Waals surface area contributed by atoms with Gasteiger partial charge in [-0.2, -0.15) is 5.10 Å². The highest BCUT2D eigenvalue weighted by Gasteiger charge is 2.12. The average Bonchev–Trinajstić information content (AvgIpc) is 2.61. The van der Waals surface area contributed by atoms with E-state index in [9.17, 15) is 5.11 Å². The van der Waals surface area contributed by atoms with Gasteiger partial charge in [-0.15, -0.1) is 0 Å². The molecule has 3 N–H and O–H groups in total. The van der Waals surface area contributed by atoms with Crippen molar-refractivity contribution in [3.05, 3.63) is 24.2 Å². The number of aromatic amines is 1. The lowest BCUT2D eigenvalue weighted by atomic mass is 10.2. The van der Waals surface area contributed by atoms with Gasteiger partial charge in [-0.3, -0.25) is 10.1 Å². The van der Waals surface area contributed by atoms with Crippen LogP contribution >= 0.6 is 0 Å². The van der Waals surface area contributed by atoms with Gasteiger partial charge in [0.05, 0.1) is 11.2 Å². The maximum Gasteiger partial charge on any atom is 0.108 e. The Morgan fingerprint density at radius 2 is 2.50 bits per heavy atom. The van der Waals surface area contributed by atoms with Gasteiger partial charge in [0, 0.05) is 24.3 Å². The van der Waals surface area contributed by atoms with Gasteiger partial charge in [0.1, 0.15) is 6.10 Å². The van der Waals surface area contributed by atoms with Gasteiger partial charge >= 0.3 is 0 Å². The molecule has 2 aromatic rings. The van der Waals surface area contributed by atoms with Gasteiger partial charge < -0.3 is 10.4 Å². The van der Waals surface area contributed by atoms with Crippen molar-refractivity contribution in [1.82, 2.24) is 20.5 Å². The van der Waals surface area contributed by atoms with E-state index in [0.717, 1.165) is 10.9 Å². The third-order valence-corrected chi connectivity index (χ3v) is 2.12. The summed E-state index contributed by atoms with van der Waals surface area (Å²) in [7, 11) is 1.79. The number of H-pyrrole nitrogens is 1. The van der Waals surface area contributed by atoms with Crippen LogP contribution in [0.15, 0.2) is 18.5 Å². The molecule has 0 saturated heterocycles. The molecule has 5 heteroatoms. The molecule has 0 saturated carbocycles. The van der Waals surface area contributed by atoms with Crippen LogP contribution in [0.1, 0.15) is 11.8 Å². The van der Waals surface area contributed by atoms with Crippen molar-refractivity contribution >= 4 is 10.9 Å². The molecule has 74 valence electrons. The first kappa shape index (κ1) is 9.11. The molecule has 0 aliphatic carbocycles. The molecule has 0 fully saturated rings. The van der Waals surface area contributed by atoms with Crippen molar-refractivity contribution in [2.24, 2.45) is 0 Å². The molecule has 0 bridgehead atoms. The maximum absolute atomic E-state index is 9.75. The van der Waals surface area contributed by atoms with Crippen LogP contribution in [-0.4, -0.2) is 33.9 Å². The maximum atomic E-state index is 9.75. The first-order valence-corrected chi connectivity index (χ1v) is 4.43. The van der Waals surface area contributed by atoms with E-state index in [-0.39, 0.29) is 0 Å². The van der Waals surface area contributed by atoms with Crippen LogP contribution in [0.4, 0.5) is 0 Å². The van der Waals surface area contributed by atoms with E-state index < -0.39 is 6.10 Å². The Labute approximate surface area is 81.2 Å². The van der Waals surface area contributed by atoms with Gasteiger partial charge in [0.2, 0.25) is 0 Å². The first-order chi connectivity index (χ1) is 6.83. The Bertz CT molecular complexity index is 425. The molecule has 0 radical (unpaired) electrons. The van der Waals surface area contributed by atoms with Crippen LogP contribution in [0, 0.1) is 0 Å². The zero-order valence-electron chi connectivity index (χ0n) is 7.86. The number of hydrogen-bond donors (Lipinski definition) is 3. The largest absolute Gasteiger partial charge is 0.385 e.